The van der Waals surface area contributed by atoms with Gasteiger partial charge in [0.15, 0.2) is 5.16 Å². The van der Waals surface area contributed by atoms with Crippen LogP contribution in [0.3, 0.4) is 0 Å². The fraction of sp³-hybridized carbons (Fsp3) is 0.286. The second-order valence-electron chi connectivity index (χ2n) is 5.27. The lowest BCUT2D eigenvalue weighted by Gasteiger charge is -2.18. The molecule has 1 aromatic heterocycles. The van der Waals surface area contributed by atoms with Crippen molar-refractivity contribution in [3.63, 3.8) is 0 Å². The maximum absolute atomic E-state index is 5.70. The van der Waals surface area contributed by atoms with Gasteiger partial charge in [0.2, 0.25) is 0 Å². The third-order valence-corrected chi connectivity index (χ3v) is 3.90. The van der Waals surface area contributed by atoms with Crippen molar-refractivity contribution in [2.45, 2.75) is 36.2 Å². The average molecular weight is 338 g/mol. The number of anilines is 1. The molecule has 0 bridgehead atoms. The summed E-state index contributed by atoms with van der Waals surface area (Å²) in [5.41, 5.74) is 7.18. The van der Waals surface area contributed by atoms with E-state index < -0.39 is 0 Å². The Morgan fingerprint density at radius 2 is 1.74 bits per heavy atom. The molecule has 0 fully saturated rings. The summed E-state index contributed by atoms with van der Waals surface area (Å²) in [6.07, 6.45) is 0. The first-order valence-corrected chi connectivity index (χ1v) is 7.54. The molecule has 1 aromatic carbocycles. The fourth-order valence-electron chi connectivity index (χ4n) is 1.59. The van der Waals surface area contributed by atoms with E-state index in [1.165, 1.54) is 17.3 Å². The molecule has 0 aliphatic carbocycles. The van der Waals surface area contributed by atoms with E-state index in [9.17, 15) is 0 Å². The van der Waals surface area contributed by atoms with Gasteiger partial charge in [0.1, 0.15) is 10.4 Å². The molecule has 1 heterocycles. The summed E-state index contributed by atoms with van der Waals surface area (Å²) in [5.74, 6) is 0.468. The molecule has 3 nitrogen and oxygen atoms in total. The second-order valence-corrected chi connectivity index (χ2v) is 7.13. The Morgan fingerprint density at radius 1 is 1.11 bits per heavy atom. The van der Waals surface area contributed by atoms with Crippen molar-refractivity contribution in [2.24, 2.45) is 0 Å². The Balaban J connectivity index is 2.20. The molecule has 0 spiro atoms. The van der Waals surface area contributed by atoms with Crippen LogP contribution in [-0.4, -0.2) is 9.97 Å². The van der Waals surface area contributed by atoms with Crippen molar-refractivity contribution in [1.29, 1.82) is 0 Å². The molecule has 0 unspecified atom stereocenters. The molecule has 0 saturated carbocycles. The lowest BCUT2D eigenvalue weighted by atomic mass is 9.87. The van der Waals surface area contributed by atoms with Gasteiger partial charge in [0.05, 0.1) is 0 Å². The van der Waals surface area contributed by atoms with Gasteiger partial charge >= 0.3 is 0 Å². The minimum Gasteiger partial charge on any atom is -0.384 e. The zero-order chi connectivity index (χ0) is 14.0. The number of halogens is 1. The third-order valence-electron chi connectivity index (χ3n) is 2.62. The highest BCUT2D eigenvalue weighted by molar-refractivity contribution is 9.10. The van der Waals surface area contributed by atoms with E-state index >= 15 is 0 Å². The molecule has 0 atom stereocenters. The maximum Gasteiger partial charge on any atom is 0.195 e. The monoisotopic (exact) mass is 337 g/mol. The number of nitrogens with two attached hydrogens (primary N) is 1. The number of nitrogen functional groups attached to an aromatic ring is 1. The summed E-state index contributed by atoms with van der Waals surface area (Å²) < 4.78 is 0.703. The van der Waals surface area contributed by atoms with Crippen molar-refractivity contribution >= 4 is 33.5 Å². The first kappa shape index (κ1) is 14.3. The number of benzene rings is 1. The first-order chi connectivity index (χ1) is 8.84. The molecule has 100 valence electrons. The number of aromatic nitrogens is 2. The molecule has 0 amide bonds. The van der Waals surface area contributed by atoms with Crippen molar-refractivity contribution in [3.05, 3.63) is 40.5 Å². The summed E-state index contributed by atoms with van der Waals surface area (Å²) in [5, 5.41) is 0.649. The number of rotatable bonds is 2. The van der Waals surface area contributed by atoms with E-state index in [-0.39, 0.29) is 5.41 Å². The molecular formula is C14H16BrN3S. The Hall–Kier alpha value is -1.07. The summed E-state index contributed by atoms with van der Waals surface area (Å²) in [6.45, 7) is 6.60. The van der Waals surface area contributed by atoms with Crippen LogP contribution < -0.4 is 5.73 Å². The summed E-state index contributed by atoms with van der Waals surface area (Å²) in [4.78, 5) is 9.59. The van der Waals surface area contributed by atoms with E-state index in [2.05, 4.69) is 70.9 Å². The summed E-state index contributed by atoms with van der Waals surface area (Å²) >= 11 is 4.82. The van der Waals surface area contributed by atoms with Gasteiger partial charge in [-0.3, -0.25) is 0 Å². The number of hydrogen-bond acceptors (Lipinski definition) is 4. The Kier molecular flexibility index (Phi) is 4.16. The van der Waals surface area contributed by atoms with Gasteiger partial charge in [-0.1, -0.05) is 32.9 Å². The summed E-state index contributed by atoms with van der Waals surface area (Å²) in [6, 6.07) is 10.2. The minimum absolute atomic E-state index is 0.167. The van der Waals surface area contributed by atoms with Crippen LogP contribution in [0, 0.1) is 0 Å². The molecule has 19 heavy (non-hydrogen) atoms. The van der Waals surface area contributed by atoms with Crippen LogP contribution in [0.15, 0.2) is 45.0 Å². The lowest BCUT2D eigenvalue weighted by Crippen LogP contribution is -2.10. The van der Waals surface area contributed by atoms with Crippen molar-refractivity contribution in [2.75, 3.05) is 5.73 Å². The van der Waals surface area contributed by atoms with Crippen molar-refractivity contribution in [1.82, 2.24) is 9.97 Å². The minimum atomic E-state index is 0.167. The van der Waals surface area contributed by atoms with E-state index in [0.29, 0.717) is 15.6 Å². The molecule has 0 aliphatic rings. The van der Waals surface area contributed by atoms with Gasteiger partial charge < -0.3 is 5.73 Å². The molecule has 2 rings (SSSR count). The van der Waals surface area contributed by atoms with E-state index in [4.69, 9.17) is 5.73 Å². The summed E-state index contributed by atoms with van der Waals surface area (Å²) in [7, 11) is 0. The standard InChI is InChI=1S/C14H16BrN3S/c1-14(2,3)9-4-6-10(7-5-9)19-13-17-11(15)8-12(16)18-13/h4-8H,1-3H3,(H2,16,17,18). The van der Waals surface area contributed by atoms with Gasteiger partial charge in [-0.05, 0) is 50.8 Å². The van der Waals surface area contributed by atoms with Crippen LogP contribution in [0.1, 0.15) is 26.3 Å². The number of nitrogens with zero attached hydrogens (tertiary/aromatic N) is 2. The topological polar surface area (TPSA) is 51.8 Å². The quantitative estimate of drug-likeness (QED) is 0.656. The molecule has 0 aliphatic heterocycles. The molecule has 0 saturated heterocycles. The highest BCUT2D eigenvalue weighted by atomic mass is 79.9. The molecule has 2 aromatic rings. The van der Waals surface area contributed by atoms with Crippen LogP contribution >= 0.6 is 27.7 Å². The van der Waals surface area contributed by atoms with Gasteiger partial charge in [0.25, 0.3) is 0 Å². The fourth-order valence-corrected chi connectivity index (χ4v) is 2.89. The van der Waals surface area contributed by atoms with E-state index in [0.717, 1.165) is 4.90 Å². The van der Waals surface area contributed by atoms with Crippen LogP contribution in [0.5, 0.6) is 0 Å². The van der Waals surface area contributed by atoms with E-state index in [1.54, 1.807) is 6.07 Å². The Bertz CT molecular complexity index is 556. The van der Waals surface area contributed by atoms with Crippen LogP contribution in [0.4, 0.5) is 5.82 Å². The largest absolute Gasteiger partial charge is 0.384 e. The van der Waals surface area contributed by atoms with Crippen LogP contribution in [0.25, 0.3) is 0 Å². The Labute approximate surface area is 126 Å². The van der Waals surface area contributed by atoms with Crippen LogP contribution in [0.2, 0.25) is 0 Å². The van der Waals surface area contributed by atoms with Gasteiger partial charge in [0, 0.05) is 11.0 Å². The SMILES string of the molecule is CC(C)(C)c1ccc(Sc2nc(N)cc(Br)n2)cc1. The first-order valence-electron chi connectivity index (χ1n) is 5.93. The molecule has 0 radical (unpaired) electrons. The number of hydrogen-bond donors (Lipinski definition) is 1. The lowest BCUT2D eigenvalue weighted by molar-refractivity contribution is 0.590. The maximum atomic E-state index is 5.70. The van der Waals surface area contributed by atoms with Gasteiger partial charge in [-0.25, -0.2) is 9.97 Å². The third kappa shape index (κ3) is 3.94. The highest BCUT2D eigenvalue weighted by Crippen LogP contribution is 2.29. The van der Waals surface area contributed by atoms with Crippen molar-refractivity contribution in [3.8, 4) is 0 Å². The Morgan fingerprint density at radius 3 is 2.26 bits per heavy atom. The molecule has 5 heteroatoms. The predicted molar refractivity (Wildman–Crippen MR) is 83.4 cm³/mol. The van der Waals surface area contributed by atoms with E-state index in [1.807, 2.05) is 0 Å². The predicted octanol–water partition coefficient (Wildman–Crippen LogP) is 4.27. The van der Waals surface area contributed by atoms with Gasteiger partial charge in [-0.15, -0.1) is 0 Å². The second kappa shape index (κ2) is 5.51. The smallest absolute Gasteiger partial charge is 0.195 e. The van der Waals surface area contributed by atoms with Crippen LogP contribution in [-0.2, 0) is 5.41 Å². The zero-order valence-corrected chi connectivity index (χ0v) is 13.5. The molecule has 2 N–H and O–H groups in total. The van der Waals surface area contributed by atoms with Crippen molar-refractivity contribution < 1.29 is 0 Å². The molecular weight excluding hydrogens is 322 g/mol. The van der Waals surface area contributed by atoms with Gasteiger partial charge in [-0.2, -0.15) is 0 Å². The normalized spacial score (nSPS) is 11.6. The average Bonchev–Trinajstić information content (AvgIpc) is 2.26. The highest BCUT2D eigenvalue weighted by Gasteiger charge is 2.13. The zero-order valence-electron chi connectivity index (χ0n) is 11.1.